The number of guanidine groups is 1. The predicted octanol–water partition coefficient (Wildman–Crippen LogP) is 3.07. The number of rotatable bonds is 6. The second kappa shape index (κ2) is 9.09. The van der Waals surface area contributed by atoms with Crippen LogP contribution >= 0.6 is 0 Å². The maximum absolute atomic E-state index is 6.19. The predicted molar refractivity (Wildman–Crippen MR) is 103 cm³/mol. The molecule has 25 heavy (non-hydrogen) atoms. The average molecular weight is 345 g/mol. The number of methoxy groups -OCH3 is 1. The van der Waals surface area contributed by atoms with Crippen LogP contribution in [0.4, 0.5) is 0 Å². The standard InChI is InChI=1S/C20H32N4O/c1-25-19-12-6-5-11-17(19)18(24-13-7-8-14-24)15-22-20(21)23-16-9-3-2-4-10-16/h5-6,11-12,16,18H,2-4,7-10,13-15H2,1H3,(H3,21,22,23). The van der Waals surface area contributed by atoms with Gasteiger partial charge >= 0.3 is 0 Å². The molecule has 1 aromatic rings. The topological polar surface area (TPSA) is 62.9 Å². The number of para-hydroxylation sites is 1. The molecule has 1 saturated carbocycles. The van der Waals surface area contributed by atoms with Crippen LogP contribution in [0.25, 0.3) is 0 Å². The summed E-state index contributed by atoms with van der Waals surface area (Å²) in [6.45, 7) is 2.91. The second-order valence-electron chi connectivity index (χ2n) is 7.21. The smallest absolute Gasteiger partial charge is 0.188 e. The van der Waals surface area contributed by atoms with Crippen molar-refractivity contribution >= 4 is 5.96 Å². The Hall–Kier alpha value is -1.75. The summed E-state index contributed by atoms with van der Waals surface area (Å²) in [4.78, 5) is 7.21. The molecule has 1 heterocycles. The van der Waals surface area contributed by atoms with Gasteiger partial charge in [0.25, 0.3) is 0 Å². The minimum Gasteiger partial charge on any atom is -0.496 e. The molecule has 2 aliphatic rings. The zero-order valence-electron chi connectivity index (χ0n) is 15.4. The van der Waals surface area contributed by atoms with Gasteiger partial charge in [-0.15, -0.1) is 0 Å². The average Bonchev–Trinajstić information content (AvgIpc) is 3.17. The third kappa shape index (κ3) is 4.88. The lowest BCUT2D eigenvalue weighted by Crippen LogP contribution is -2.41. The first-order valence-electron chi connectivity index (χ1n) is 9.71. The van der Waals surface area contributed by atoms with E-state index in [-0.39, 0.29) is 6.04 Å². The largest absolute Gasteiger partial charge is 0.496 e. The van der Waals surface area contributed by atoms with Gasteiger partial charge in [-0.2, -0.15) is 0 Å². The number of likely N-dealkylation sites (tertiary alicyclic amines) is 1. The van der Waals surface area contributed by atoms with E-state index in [1.807, 2.05) is 12.1 Å². The van der Waals surface area contributed by atoms with Gasteiger partial charge in [0.15, 0.2) is 5.96 Å². The van der Waals surface area contributed by atoms with E-state index in [1.165, 1.54) is 50.5 Å². The van der Waals surface area contributed by atoms with Crippen LogP contribution in [0, 0.1) is 0 Å². The number of hydrogen-bond donors (Lipinski definition) is 2. The Labute approximate surface area is 151 Å². The number of nitrogens with two attached hydrogens (primary N) is 1. The van der Waals surface area contributed by atoms with Crippen molar-refractivity contribution in [2.45, 2.75) is 57.0 Å². The summed E-state index contributed by atoms with van der Waals surface area (Å²) in [5, 5.41) is 3.42. The molecule has 1 aromatic carbocycles. The first-order valence-corrected chi connectivity index (χ1v) is 9.71. The zero-order valence-corrected chi connectivity index (χ0v) is 15.4. The lowest BCUT2D eigenvalue weighted by Gasteiger charge is -2.28. The Morgan fingerprint density at radius 2 is 1.92 bits per heavy atom. The SMILES string of the molecule is COc1ccccc1C(CN=C(N)NC1CCCCC1)N1CCCC1. The molecule has 1 aliphatic carbocycles. The molecule has 1 aliphatic heterocycles. The van der Waals surface area contributed by atoms with Gasteiger partial charge in [-0.05, 0) is 44.8 Å². The van der Waals surface area contributed by atoms with Crippen molar-refractivity contribution < 1.29 is 4.74 Å². The summed E-state index contributed by atoms with van der Waals surface area (Å²) in [6, 6.07) is 9.01. The van der Waals surface area contributed by atoms with Gasteiger partial charge in [-0.1, -0.05) is 37.5 Å². The van der Waals surface area contributed by atoms with Gasteiger partial charge in [-0.3, -0.25) is 9.89 Å². The van der Waals surface area contributed by atoms with Gasteiger partial charge in [0, 0.05) is 11.6 Å². The highest BCUT2D eigenvalue weighted by atomic mass is 16.5. The van der Waals surface area contributed by atoms with Gasteiger partial charge in [0.05, 0.1) is 19.7 Å². The molecule has 0 bridgehead atoms. The summed E-state index contributed by atoms with van der Waals surface area (Å²) in [7, 11) is 1.74. The first kappa shape index (κ1) is 18.1. The Morgan fingerprint density at radius 1 is 1.20 bits per heavy atom. The van der Waals surface area contributed by atoms with Crippen molar-refractivity contribution in [1.29, 1.82) is 0 Å². The van der Waals surface area contributed by atoms with E-state index in [9.17, 15) is 0 Å². The van der Waals surface area contributed by atoms with E-state index in [1.54, 1.807) is 7.11 Å². The minimum absolute atomic E-state index is 0.227. The Balaban J connectivity index is 1.70. The first-order chi connectivity index (χ1) is 12.3. The van der Waals surface area contributed by atoms with E-state index in [2.05, 4.69) is 22.3 Å². The molecule has 1 atom stereocenters. The normalized spacial score (nSPS) is 21.2. The quantitative estimate of drug-likeness (QED) is 0.615. The molecular weight excluding hydrogens is 312 g/mol. The zero-order chi connectivity index (χ0) is 17.5. The lowest BCUT2D eigenvalue weighted by atomic mass is 9.96. The fourth-order valence-corrected chi connectivity index (χ4v) is 4.09. The van der Waals surface area contributed by atoms with Crippen LogP contribution in [0.3, 0.4) is 0 Å². The summed E-state index contributed by atoms with van der Waals surface area (Å²) in [5.41, 5.74) is 7.40. The minimum atomic E-state index is 0.227. The van der Waals surface area contributed by atoms with Gasteiger partial charge in [-0.25, -0.2) is 0 Å². The molecule has 2 fully saturated rings. The van der Waals surface area contributed by atoms with Crippen LogP contribution in [-0.4, -0.2) is 43.6 Å². The Kier molecular flexibility index (Phi) is 6.56. The monoisotopic (exact) mass is 344 g/mol. The van der Waals surface area contributed by atoms with E-state index in [0.29, 0.717) is 18.5 Å². The molecule has 3 N–H and O–H groups in total. The van der Waals surface area contributed by atoms with Gasteiger partial charge in [0.2, 0.25) is 0 Å². The molecule has 3 rings (SSSR count). The van der Waals surface area contributed by atoms with Crippen LogP contribution in [0.1, 0.15) is 56.6 Å². The third-order valence-electron chi connectivity index (χ3n) is 5.47. The Morgan fingerprint density at radius 3 is 2.64 bits per heavy atom. The highest BCUT2D eigenvalue weighted by Crippen LogP contribution is 2.31. The van der Waals surface area contributed by atoms with Crippen molar-refractivity contribution in [2.75, 3.05) is 26.7 Å². The fourth-order valence-electron chi connectivity index (χ4n) is 4.09. The number of benzene rings is 1. The number of ether oxygens (including phenoxy) is 1. The van der Waals surface area contributed by atoms with E-state index in [0.717, 1.165) is 18.8 Å². The van der Waals surface area contributed by atoms with Crippen molar-refractivity contribution in [2.24, 2.45) is 10.7 Å². The summed E-state index contributed by atoms with van der Waals surface area (Å²) < 4.78 is 5.59. The third-order valence-corrected chi connectivity index (χ3v) is 5.47. The fraction of sp³-hybridized carbons (Fsp3) is 0.650. The van der Waals surface area contributed by atoms with Gasteiger partial charge in [0.1, 0.15) is 5.75 Å². The van der Waals surface area contributed by atoms with E-state index >= 15 is 0 Å². The molecule has 5 heteroatoms. The molecule has 5 nitrogen and oxygen atoms in total. The summed E-state index contributed by atoms with van der Waals surface area (Å²) in [6.07, 6.45) is 8.86. The maximum atomic E-state index is 6.19. The lowest BCUT2D eigenvalue weighted by molar-refractivity contribution is 0.245. The molecule has 0 radical (unpaired) electrons. The highest BCUT2D eigenvalue weighted by Gasteiger charge is 2.25. The summed E-state index contributed by atoms with van der Waals surface area (Å²) in [5.74, 6) is 1.53. The van der Waals surface area contributed by atoms with Crippen LogP contribution in [0.15, 0.2) is 29.3 Å². The molecule has 0 aromatic heterocycles. The Bertz CT molecular complexity index is 563. The second-order valence-corrected chi connectivity index (χ2v) is 7.21. The van der Waals surface area contributed by atoms with Crippen LogP contribution in [0.2, 0.25) is 0 Å². The van der Waals surface area contributed by atoms with Crippen LogP contribution in [0.5, 0.6) is 5.75 Å². The van der Waals surface area contributed by atoms with Crippen molar-refractivity contribution in [1.82, 2.24) is 10.2 Å². The van der Waals surface area contributed by atoms with Crippen molar-refractivity contribution in [3.8, 4) is 5.75 Å². The van der Waals surface area contributed by atoms with Crippen molar-refractivity contribution in [3.05, 3.63) is 29.8 Å². The van der Waals surface area contributed by atoms with Gasteiger partial charge < -0.3 is 15.8 Å². The molecule has 1 saturated heterocycles. The van der Waals surface area contributed by atoms with Crippen LogP contribution in [-0.2, 0) is 0 Å². The van der Waals surface area contributed by atoms with Crippen LogP contribution < -0.4 is 15.8 Å². The van der Waals surface area contributed by atoms with E-state index < -0.39 is 0 Å². The molecule has 1 unspecified atom stereocenters. The maximum Gasteiger partial charge on any atom is 0.188 e. The molecule has 138 valence electrons. The highest BCUT2D eigenvalue weighted by molar-refractivity contribution is 5.78. The molecule has 0 spiro atoms. The number of nitrogens with zero attached hydrogens (tertiary/aromatic N) is 2. The number of aliphatic imine (C=N–C) groups is 1. The van der Waals surface area contributed by atoms with E-state index in [4.69, 9.17) is 15.5 Å². The molecular formula is C20H32N4O. The van der Waals surface area contributed by atoms with Crippen molar-refractivity contribution in [3.63, 3.8) is 0 Å². The number of nitrogens with one attached hydrogen (secondary N) is 1. The molecule has 0 amide bonds. The summed E-state index contributed by atoms with van der Waals surface area (Å²) >= 11 is 0. The number of hydrogen-bond acceptors (Lipinski definition) is 3.